The third-order valence-corrected chi connectivity index (χ3v) is 5.92. The summed E-state index contributed by atoms with van der Waals surface area (Å²) in [5, 5.41) is 19.3. The van der Waals surface area contributed by atoms with E-state index in [0.717, 1.165) is 16.7 Å². The number of amides is 2. The molecule has 3 aromatic rings. The van der Waals surface area contributed by atoms with E-state index >= 15 is 0 Å². The predicted molar refractivity (Wildman–Crippen MR) is 126 cm³/mol. The fourth-order valence-corrected chi connectivity index (χ4v) is 4.01. The molecule has 0 unspecified atom stereocenters. The quantitative estimate of drug-likeness (QED) is 0.224. The van der Waals surface area contributed by atoms with Crippen LogP contribution in [0.5, 0.6) is 0 Å². The van der Waals surface area contributed by atoms with Gasteiger partial charge in [0.05, 0.1) is 12.0 Å². The molecule has 2 amide bonds. The molecule has 3 N–H and O–H groups in total. The van der Waals surface area contributed by atoms with Crippen LogP contribution in [-0.4, -0.2) is 42.5 Å². The molecule has 0 saturated carbocycles. The number of carbonyl (C=O) groups is 3. The third-order valence-electron chi connectivity index (χ3n) is 5.92. The topological polar surface area (TPSA) is 120 Å². The summed E-state index contributed by atoms with van der Waals surface area (Å²) in [4.78, 5) is 36.8. The van der Waals surface area contributed by atoms with Gasteiger partial charge in [-0.1, -0.05) is 91.0 Å². The van der Waals surface area contributed by atoms with E-state index in [1.165, 1.54) is 0 Å². The van der Waals surface area contributed by atoms with Gasteiger partial charge < -0.3 is 20.5 Å². The average Bonchev–Trinajstić information content (AvgIpc) is 3.67. The van der Waals surface area contributed by atoms with Gasteiger partial charge in [0.2, 0.25) is 11.8 Å². The standard InChI is InChI=1S/C27H27N3O4.Na/c31-25(28-17-21(19-12-6-2-7-13-19)20-14-8-3-9-15-20)22(16-18-10-4-1-5-11-18)29-26(32)23-24(30-23)27(33)34;/h1-15,21-24,30H,16-17H2,(H,28,31)(H,29,32)(H,33,34);/q;+1/p-1/t22-,23-,24-;/m0./s1. The Balaban J connectivity index is 0.00000342. The number of carbonyl (C=O) groups excluding carboxylic acids is 3. The largest absolute Gasteiger partial charge is 1.00 e. The van der Waals surface area contributed by atoms with Crippen molar-refractivity contribution < 1.29 is 49.0 Å². The van der Waals surface area contributed by atoms with Gasteiger partial charge in [-0.25, -0.2) is 0 Å². The Morgan fingerprint density at radius 1 is 0.800 bits per heavy atom. The molecule has 0 spiro atoms. The third kappa shape index (κ3) is 7.26. The van der Waals surface area contributed by atoms with Crippen molar-refractivity contribution in [1.29, 1.82) is 0 Å². The Kier molecular flexibility index (Phi) is 9.63. The van der Waals surface area contributed by atoms with Gasteiger partial charge in [0.15, 0.2) is 0 Å². The second kappa shape index (κ2) is 12.7. The minimum atomic E-state index is -1.34. The Labute approximate surface area is 226 Å². The number of aliphatic carboxylic acids is 1. The Morgan fingerprint density at radius 2 is 1.31 bits per heavy atom. The normalized spacial score (nSPS) is 17.1. The van der Waals surface area contributed by atoms with Gasteiger partial charge >= 0.3 is 29.6 Å². The molecule has 0 bridgehead atoms. The summed E-state index contributed by atoms with van der Waals surface area (Å²) in [6.07, 6.45) is 0.280. The molecule has 1 aliphatic rings. The molecule has 1 fully saturated rings. The van der Waals surface area contributed by atoms with Gasteiger partial charge in [0.25, 0.3) is 0 Å². The van der Waals surface area contributed by atoms with Gasteiger partial charge in [-0.15, -0.1) is 0 Å². The Morgan fingerprint density at radius 3 is 1.80 bits per heavy atom. The zero-order valence-corrected chi connectivity index (χ0v) is 21.5. The molecule has 3 atom stereocenters. The molecule has 8 heteroatoms. The first-order chi connectivity index (χ1) is 16.5. The van der Waals surface area contributed by atoms with E-state index in [9.17, 15) is 19.5 Å². The first-order valence-corrected chi connectivity index (χ1v) is 11.2. The first kappa shape index (κ1) is 26.6. The fraction of sp³-hybridized carbons (Fsp3) is 0.222. The molecule has 174 valence electrons. The smallest absolute Gasteiger partial charge is 0.548 e. The molecular weight excluding hydrogens is 453 g/mol. The summed E-state index contributed by atoms with van der Waals surface area (Å²) in [6.45, 7) is 0.345. The zero-order valence-electron chi connectivity index (χ0n) is 19.5. The molecule has 1 heterocycles. The molecule has 35 heavy (non-hydrogen) atoms. The van der Waals surface area contributed by atoms with Crippen LogP contribution in [0.15, 0.2) is 91.0 Å². The van der Waals surface area contributed by atoms with Crippen LogP contribution in [0.4, 0.5) is 0 Å². The van der Waals surface area contributed by atoms with Gasteiger partial charge in [-0.2, -0.15) is 0 Å². The number of hydrogen-bond acceptors (Lipinski definition) is 5. The predicted octanol–water partition coefficient (Wildman–Crippen LogP) is -2.24. The minimum absolute atomic E-state index is 0. The number of benzene rings is 3. The first-order valence-electron chi connectivity index (χ1n) is 11.2. The van der Waals surface area contributed by atoms with Crippen LogP contribution >= 0.6 is 0 Å². The Bertz CT molecular complexity index is 1090. The van der Waals surface area contributed by atoms with Crippen molar-refractivity contribution in [2.75, 3.05) is 6.54 Å². The molecule has 1 saturated heterocycles. The monoisotopic (exact) mass is 479 g/mol. The molecule has 0 radical (unpaired) electrons. The van der Waals surface area contributed by atoms with Crippen molar-refractivity contribution in [1.82, 2.24) is 16.0 Å². The molecular formula is C27H26N3NaO4. The second-order valence-electron chi connectivity index (χ2n) is 8.31. The zero-order chi connectivity index (χ0) is 23.9. The van der Waals surface area contributed by atoms with Gasteiger partial charge in [-0.05, 0) is 16.7 Å². The number of hydrogen-bond donors (Lipinski definition) is 3. The van der Waals surface area contributed by atoms with Crippen molar-refractivity contribution in [3.63, 3.8) is 0 Å². The van der Waals surface area contributed by atoms with Crippen molar-refractivity contribution in [3.05, 3.63) is 108 Å². The molecule has 7 nitrogen and oxygen atoms in total. The van der Waals surface area contributed by atoms with E-state index in [1.54, 1.807) is 0 Å². The SMILES string of the molecule is O=C(NCC(c1ccccc1)c1ccccc1)[C@H](Cc1ccccc1)NC(=O)[C@H]1N[C@@H]1C(=O)[O-].[Na+]. The summed E-state index contributed by atoms with van der Waals surface area (Å²) < 4.78 is 0. The number of nitrogens with one attached hydrogen (secondary N) is 3. The van der Waals surface area contributed by atoms with E-state index in [-0.39, 0.29) is 47.8 Å². The molecule has 4 rings (SSSR count). The second-order valence-corrected chi connectivity index (χ2v) is 8.31. The van der Waals surface area contributed by atoms with E-state index in [4.69, 9.17) is 0 Å². The van der Waals surface area contributed by atoms with Crippen molar-refractivity contribution in [2.24, 2.45) is 0 Å². The van der Waals surface area contributed by atoms with E-state index < -0.39 is 30.0 Å². The Hall–Kier alpha value is -2.97. The van der Waals surface area contributed by atoms with Crippen LogP contribution < -0.4 is 50.6 Å². The van der Waals surface area contributed by atoms with Crippen LogP contribution in [0.25, 0.3) is 0 Å². The summed E-state index contributed by atoms with van der Waals surface area (Å²) in [6, 6.07) is 26.4. The fourth-order valence-electron chi connectivity index (χ4n) is 4.01. The van der Waals surface area contributed by atoms with Gasteiger partial charge in [0, 0.05) is 18.9 Å². The maximum absolute atomic E-state index is 13.2. The van der Waals surface area contributed by atoms with E-state index in [2.05, 4.69) is 16.0 Å². The number of rotatable bonds is 10. The summed E-state index contributed by atoms with van der Waals surface area (Å²) >= 11 is 0. The molecule has 3 aromatic carbocycles. The van der Waals surface area contributed by atoms with Crippen LogP contribution in [-0.2, 0) is 20.8 Å². The average molecular weight is 480 g/mol. The maximum atomic E-state index is 13.2. The van der Waals surface area contributed by atoms with E-state index in [1.807, 2.05) is 91.0 Å². The van der Waals surface area contributed by atoms with Gasteiger partial charge in [-0.3, -0.25) is 14.9 Å². The summed E-state index contributed by atoms with van der Waals surface area (Å²) in [7, 11) is 0. The number of carboxylic acid groups (broad SMARTS) is 1. The van der Waals surface area contributed by atoms with Crippen LogP contribution in [0.1, 0.15) is 22.6 Å². The van der Waals surface area contributed by atoms with Crippen LogP contribution in [0.3, 0.4) is 0 Å². The summed E-state index contributed by atoms with van der Waals surface area (Å²) in [5.41, 5.74) is 3.01. The van der Waals surface area contributed by atoms with Crippen molar-refractivity contribution >= 4 is 17.8 Å². The van der Waals surface area contributed by atoms with Crippen molar-refractivity contribution in [2.45, 2.75) is 30.5 Å². The van der Waals surface area contributed by atoms with Crippen LogP contribution in [0.2, 0.25) is 0 Å². The molecule has 1 aliphatic heterocycles. The van der Waals surface area contributed by atoms with Crippen molar-refractivity contribution in [3.8, 4) is 0 Å². The number of carboxylic acids is 1. The molecule has 0 aromatic heterocycles. The molecule has 0 aliphatic carbocycles. The van der Waals surface area contributed by atoms with Crippen LogP contribution in [0, 0.1) is 0 Å². The van der Waals surface area contributed by atoms with Gasteiger partial charge in [0.1, 0.15) is 12.1 Å². The van der Waals surface area contributed by atoms with E-state index in [0.29, 0.717) is 6.54 Å². The maximum Gasteiger partial charge on any atom is 1.00 e. The minimum Gasteiger partial charge on any atom is -0.548 e. The summed E-state index contributed by atoms with van der Waals surface area (Å²) in [5.74, 6) is -2.27.